The zero-order valence-corrected chi connectivity index (χ0v) is 22.3. The van der Waals surface area contributed by atoms with E-state index in [2.05, 4.69) is 11.0 Å². The third-order valence-corrected chi connectivity index (χ3v) is 9.10. The summed E-state index contributed by atoms with van der Waals surface area (Å²) in [4.78, 5) is 14.7. The molecule has 1 saturated heterocycles. The summed E-state index contributed by atoms with van der Waals surface area (Å²) >= 11 is 8.26. The Balaban J connectivity index is 1.59. The highest BCUT2D eigenvalue weighted by molar-refractivity contribution is 8.19. The van der Waals surface area contributed by atoms with E-state index >= 15 is 0 Å². The SMILES string of the molecule is C=CCN1C(=O)/C(=C/c2ccc(OCc3ccccc3Cl)c(OC)c2)S/C1=N/S(=O)(=O)c1cccs1. The smallest absolute Gasteiger partial charge is 0.294 e. The first-order valence-corrected chi connectivity index (χ1v) is 14.1. The maximum atomic E-state index is 13.0. The van der Waals surface area contributed by atoms with Gasteiger partial charge in [-0.2, -0.15) is 8.42 Å². The van der Waals surface area contributed by atoms with Crippen LogP contribution in [0.5, 0.6) is 11.5 Å². The second kappa shape index (κ2) is 11.3. The molecule has 4 rings (SSSR count). The Morgan fingerprint density at radius 3 is 2.64 bits per heavy atom. The number of hydrogen-bond acceptors (Lipinski definition) is 7. The van der Waals surface area contributed by atoms with E-state index in [-0.39, 0.29) is 28.4 Å². The van der Waals surface area contributed by atoms with Crippen LogP contribution in [-0.4, -0.2) is 38.0 Å². The van der Waals surface area contributed by atoms with Gasteiger partial charge in [-0.3, -0.25) is 9.69 Å². The number of nitrogens with zero attached hydrogens (tertiary/aromatic N) is 2. The molecular formula is C25H21ClN2O5S3. The highest BCUT2D eigenvalue weighted by Gasteiger charge is 2.34. The summed E-state index contributed by atoms with van der Waals surface area (Å²) in [5.41, 5.74) is 1.51. The lowest BCUT2D eigenvalue weighted by Gasteiger charge is -2.12. The number of sulfonamides is 1. The van der Waals surface area contributed by atoms with E-state index in [1.807, 2.05) is 18.2 Å². The summed E-state index contributed by atoms with van der Waals surface area (Å²) in [6.07, 6.45) is 3.17. The Morgan fingerprint density at radius 1 is 1.14 bits per heavy atom. The fourth-order valence-electron chi connectivity index (χ4n) is 3.24. The van der Waals surface area contributed by atoms with E-state index in [9.17, 15) is 13.2 Å². The van der Waals surface area contributed by atoms with Crippen molar-refractivity contribution in [3.8, 4) is 11.5 Å². The third kappa shape index (κ3) is 5.84. The van der Waals surface area contributed by atoms with Crippen LogP contribution in [0.25, 0.3) is 6.08 Å². The van der Waals surface area contributed by atoms with Crippen LogP contribution >= 0.6 is 34.7 Å². The third-order valence-electron chi connectivity index (χ3n) is 4.97. The summed E-state index contributed by atoms with van der Waals surface area (Å²) in [5.74, 6) is 0.629. The number of amides is 1. The van der Waals surface area contributed by atoms with Gasteiger partial charge in [0, 0.05) is 17.1 Å². The second-order valence-electron chi connectivity index (χ2n) is 7.39. The molecule has 0 N–H and O–H groups in total. The number of amidine groups is 1. The summed E-state index contributed by atoms with van der Waals surface area (Å²) < 4.78 is 40.7. The maximum absolute atomic E-state index is 13.0. The van der Waals surface area contributed by atoms with Crippen molar-refractivity contribution >= 4 is 61.9 Å². The molecule has 1 amide bonds. The molecule has 3 aromatic rings. The molecule has 0 unspecified atom stereocenters. The van der Waals surface area contributed by atoms with Gasteiger partial charge in [0.05, 0.1) is 12.0 Å². The van der Waals surface area contributed by atoms with Crippen LogP contribution in [0.1, 0.15) is 11.1 Å². The summed E-state index contributed by atoms with van der Waals surface area (Å²) in [6.45, 7) is 4.05. The average Bonchev–Trinajstić information content (AvgIpc) is 3.50. The van der Waals surface area contributed by atoms with E-state index < -0.39 is 10.0 Å². The molecule has 2 aromatic carbocycles. The van der Waals surface area contributed by atoms with Gasteiger partial charge in [0.1, 0.15) is 10.8 Å². The van der Waals surface area contributed by atoms with Gasteiger partial charge in [-0.05, 0) is 53.0 Å². The Labute approximate surface area is 222 Å². The minimum absolute atomic E-state index is 0.0752. The molecule has 1 fully saturated rings. The number of benzene rings is 2. The van der Waals surface area contributed by atoms with E-state index in [0.29, 0.717) is 27.0 Å². The summed E-state index contributed by atoms with van der Waals surface area (Å²) in [7, 11) is -2.41. The topological polar surface area (TPSA) is 85.3 Å². The standard InChI is InChI=1S/C25H21ClN2O5S3/c1-3-12-28-24(29)22(35-25(28)27-36(30,31)23-9-6-13-34-23)15-17-10-11-20(21(14-17)32-2)33-16-18-7-4-5-8-19(18)26/h3-11,13-15H,1,12,16H2,2H3/b22-15-,27-25+. The number of halogens is 1. The van der Waals surface area contributed by atoms with Gasteiger partial charge >= 0.3 is 0 Å². The number of methoxy groups -OCH3 is 1. The van der Waals surface area contributed by atoms with E-state index in [4.69, 9.17) is 21.1 Å². The molecule has 186 valence electrons. The fourth-order valence-corrected chi connectivity index (χ4v) is 6.59. The van der Waals surface area contributed by atoms with Crippen molar-refractivity contribution in [3.63, 3.8) is 0 Å². The van der Waals surface area contributed by atoms with E-state index in [1.165, 1.54) is 24.2 Å². The molecule has 0 radical (unpaired) electrons. The number of rotatable bonds is 9. The first-order chi connectivity index (χ1) is 17.3. The van der Waals surface area contributed by atoms with Crippen LogP contribution in [0.15, 0.2) is 86.1 Å². The molecule has 7 nitrogen and oxygen atoms in total. The van der Waals surface area contributed by atoms with Crippen molar-refractivity contribution < 1.29 is 22.7 Å². The van der Waals surface area contributed by atoms with E-state index in [1.54, 1.807) is 41.8 Å². The van der Waals surface area contributed by atoms with Gasteiger partial charge in [0.15, 0.2) is 16.7 Å². The summed E-state index contributed by atoms with van der Waals surface area (Å²) in [6, 6.07) is 15.8. The molecule has 1 aliphatic heterocycles. The molecule has 11 heteroatoms. The number of thioether (sulfide) groups is 1. The Kier molecular flexibility index (Phi) is 8.20. The molecular weight excluding hydrogens is 540 g/mol. The lowest BCUT2D eigenvalue weighted by Crippen LogP contribution is -2.29. The lowest BCUT2D eigenvalue weighted by atomic mass is 10.1. The van der Waals surface area contributed by atoms with E-state index in [0.717, 1.165) is 28.7 Å². The van der Waals surface area contributed by atoms with Crippen molar-refractivity contribution in [2.45, 2.75) is 10.8 Å². The monoisotopic (exact) mass is 560 g/mol. The predicted octanol–water partition coefficient (Wildman–Crippen LogP) is 5.84. The van der Waals surface area contributed by atoms with Gasteiger partial charge in [-0.25, -0.2) is 0 Å². The molecule has 0 atom stereocenters. The van der Waals surface area contributed by atoms with Crippen LogP contribution < -0.4 is 9.47 Å². The van der Waals surface area contributed by atoms with Gasteiger partial charge in [0.2, 0.25) is 0 Å². The van der Waals surface area contributed by atoms with Gasteiger partial charge in [-0.15, -0.1) is 22.3 Å². The lowest BCUT2D eigenvalue weighted by molar-refractivity contribution is -0.121. The highest BCUT2D eigenvalue weighted by Crippen LogP contribution is 2.36. The molecule has 0 aliphatic carbocycles. The van der Waals surface area contributed by atoms with Crippen molar-refractivity contribution in [3.05, 3.63) is 93.7 Å². The number of thiophene rings is 1. The maximum Gasteiger partial charge on any atom is 0.294 e. The van der Waals surface area contributed by atoms with Gasteiger partial charge in [0.25, 0.3) is 15.9 Å². The van der Waals surface area contributed by atoms with Crippen molar-refractivity contribution in [1.29, 1.82) is 0 Å². The summed E-state index contributed by atoms with van der Waals surface area (Å²) in [5, 5.41) is 2.34. The number of carbonyl (C=O) groups excluding carboxylic acids is 1. The predicted molar refractivity (Wildman–Crippen MR) is 145 cm³/mol. The normalized spacial score (nSPS) is 16.1. The minimum atomic E-state index is -3.94. The van der Waals surface area contributed by atoms with Crippen molar-refractivity contribution in [2.24, 2.45) is 4.40 Å². The van der Waals surface area contributed by atoms with Crippen LogP contribution in [-0.2, 0) is 21.4 Å². The molecule has 0 saturated carbocycles. The molecule has 1 aliphatic rings. The van der Waals surface area contributed by atoms with Crippen molar-refractivity contribution in [2.75, 3.05) is 13.7 Å². The molecule has 1 aromatic heterocycles. The average molecular weight is 561 g/mol. The van der Waals surface area contributed by atoms with Crippen molar-refractivity contribution in [1.82, 2.24) is 4.90 Å². The zero-order chi connectivity index (χ0) is 25.7. The minimum Gasteiger partial charge on any atom is -0.493 e. The second-order valence-corrected chi connectivity index (χ2v) is 11.6. The Hall–Kier alpha value is -3.05. The Morgan fingerprint density at radius 2 is 1.94 bits per heavy atom. The largest absolute Gasteiger partial charge is 0.493 e. The van der Waals surface area contributed by atoms with Crippen LogP contribution in [0.2, 0.25) is 5.02 Å². The first kappa shape index (κ1) is 26.0. The van der Waals surface area contributed by atoms with Crippen LogP contribution in [0, 0.1) is 0 Å². The van der Waals surface area contributed by atoms with Gasteiger partial charge in [-0.1, -0.05) is 48.0 Å². The molecule has 0 bridgehead atoms. The quantitative estimate of drug-likeness (QED) is 0.241. The molecule has 36 heavy (non-hydrogen) atoms. The number of hydrogen-bond donors (Lipinski definition) is 0. The zero-order valence-electron chi connectivity index (χ0n) is 19.1. The van der Waals surface area contributed by atoms with Gasteiger partial charge < -0.3 is 9.47 Å². The molecule has 0 spiro atoms. The number of ether oxygens (including phenoxy) is 2. The van der Waals surface area contributed by atoms with Crippen LogP contribution in [0.4, 0.5) is 0 Å². The Bertz CT molecular complexity index is 1450. The molecule has 2 heterocycles. The first-order valence-electron chi connectivity index (χ1n) is 10.6. The fraction of sp³-hybridized carbons (Fsp3) is 0.120. The van der Waals surface area contributed by atoms with Crippen LogP contribution in [0.3, 0.4) is 0 Å². The number of carbonyl (C=O) groups is 1. The highest BCUT2D eigenvalue weighted by atomic mass is 35.5.